The molecule has 2 N–H and O–H groups in total. The fraction of sp³-hybridized carbons (Fsp3) is 0.417. The Bertz CT molecular complexity index is 619. The molecule has 0 radical (unpaired) electrons. The lowest BCUT2D eigenvalue weighted by atomic mass is 10.3. The van der Waals surface area contributed by atoms with E-state index < -0.39 is 14.7 Å². The van der Waals surface area contributed by atoms with Gasteiger partial charge in [0.05, 0.1) is 11.0 Å². The summed E-state index contributed by atoms with van der Waals surface area (Å²) in [7, 11) is -4.18. The summed E-state index contributed by atoms with van der Waals surface area (Å²) in [5.74, 6) is 0.947. The minimum absolute atomic E-state index is 0.282. The highest BCUT2D eigenvalue weighted by Crippen LogP contribution is 2.33. The fourth-order valence-corrected chi connectivity index (χ4v) is 4.03. The molecule has 0 saturated heterocycles. The van der Waals surface area contributed by atoms with Gasteiger partial charge in [-0.3, -0.25) is 4.55 Å². The zero-order valence-corrected chi connectivity index (χ0v) is 12.2. The second-order valence-electron chi connectivity index (χ2n) is 4.21. The number of para-hydroxylation sites is 2. The summed E-state index contributed by atoms with van der Waals surface area (Å²) in [6.45, 7) is 2.03. The van der Waals surface area contributed by atoms with Crippen LogP contribution < -0.4 is 0 Å². The lowest BCUT2D eigenvalue weighted by Crippen LogP contribution is -2.11. The molecule has 0 saturated carbocycles. The Kier molecular flexibility index (Phi) is 4.49. The Morgan fingerprint density at radius 1 is 1.42 bits per heavy atom. The molecule has 7 heteroatoms. The first kappa shape index (κ1) is 14.4. The number of imidazole rings is 1. The molecule has 19 heavy (non-hydrogen) atoms. The van der Waals surface area contributed by atoms with Gasteiger partial charge in [-0.25, -0.2) is 4.98 Å². The van der Waals surface area contributed by atoms with Gasteiger partial charge in [-0.1, -0.05) is 25.5 Å². The molecule has 0 aliphatic heterocycles. The number of thioether (sulfide) groups is 1. The minimum atomic E-state index is -4.18. The van der Waals surface area contributed by atoms with E-state index in [-0.39, 0.29) is 5.82 Å². The number of H-pyrrole nitrogens is 1. The van der Waals surface area contributed by atoms with Crippen LogP contribution in [0.1, 0.15) is 30.2 Å². The molecular weight excluding hydrogens is 284 g/mol. The normalized spacial score (nSPS) is 13.8. The molecule has 1 aromatic carbocycles. The van der Waals surface area contributed by atoms with E-state index in [0.29, 0.717) is 11.3 Å². The minimum Gasteiger partial charge on any atom is -0.340 e. The van der Waals surface area contributed by atoms with Crippen molar-refractivity contribution in [2.45, 2.75) is 24.3 Å². The average molecular weight is 300 g/mol. The predicted molar refractivity (Wildman–Crippen MR) is 77.7 cm³/mol. The molecule has 104 valence electrons. The third kappa shape index (κ3) is 3.49. The van der Waals surface area contributed by atoms with Gasteiger partial charge in [0, 0.05) is 0 Å². The van der Waals surface area contributed by atoms with Gasteiger partial charge in [0.15, 0.2) is 4.58 Å². The maximum Gasteiger partial charge on any atom is 0.284 e. The number of benzene rings is 1. The van der Waals surface area contributed by atoms with Crippen LogP contribution in [0.4, 0.5) is 0 Å². The van der Waals surface area contributed by atoms with Crippen LogP contribution in [0.5, 0.6) is 0 Å². The molecule has 1 unspecified atom stereocenters. The van der Waals surface area contributed by atoms with Gasteiger partial charge in [-0.15, -0.1) is 11.8 Å². The highest BCUT2D eigenvalue weighted by molar-refractivity contribution is 8.11. The lowest BCUT2D eigenvalue weighted by Gasteiger charge is -2.10. The highest BCUT2D eigenvalue weighted by atomic mass is 32.3. The molecule has 0 aliphatic carbocycles. The molecule has 0 bridgehead atoms. The van der Waals surface area contributed by atoms with E-state index in [4.69, 9.17) is 0 Å². The molecule has 0 amide bonds. The SMILES string of the molecule is CCCCSC(c1nc2ccccc2[nH]1)S(=O)(=O)O. The lowest BCUT2D eigenvalue weighted by molar-refractivity contribution is 0.480. The fourth-order valence-electron chi connectivity index (χ4n) is 1.72. The van der Waals surface area contributed by atoms with Crippen molar-refractivity contribution < 1.29 is 13.0 Å². The topological polar surface area (TPSA) is 83.0 Å². The van der Waals surface area contributed by atoms with Crippen LogP contribution in [0, 0.1) is 0 Å². The number of rotatable bonds is 6. The molecule has 0 aliphatic rings. The Morgan fingerprint density at radius 2 is 2.16 bits per heavy atom. The summed E-state index contributed by atoms with van der Waals surface area (Å²) in [5, 5.41) is 0. The number of unbranched alkanes of at least 4 members (excludes halogenated alkanes) is 1. The zero-order valence-electron chi connectivity index (χ0n) is 10.5. The quantitative estimate of drug-likeness (QED) is 0.633. The Hall–Kier alpha value is -1.05. The van der Waals surface area contributed by atoms with Crippen molar-refractivity contribution in [3.63, 3.8) is 0 Å². The Morgan fingerprint density at radius 3 is 2.79 bits per heavy atom. The van der Waals surface area contributed by atoms with E-state index in [1.54, 1.807) is 6.07 Å². The maximum absolute atomic E-state index is 11.5. The summed E-state index contributed by atoms with van der Waals surface area (Å²) < 4.78 is 31.3. The van der Waals surface area contributed by atoms with Gasteiger partial charge >= 0.3 is 0 Å². The van der Waals surface area contributed by atoms with Crippen LogP contribution in [-0.4, -0.2) is 28.7 Å². The van der Waals surface area contributed by atoms with Crippen molar-refractivity contribution in [1.82, 2.24) is 9.97 Å². The summed E-state index contributed by atoms with van der Waals surface area (Å²) in [5.41, 5.74) is 1.46. The molecule has 1 aromatic heterocycles. The number of aromatic amines is 1. The van der Waals surface area contributed by atoms with Crippen LogP contribution in [-0.2, 0) is 10.1 Å². The first-order valence-corrected chi connectivity index (χ1v) is 8.60. The van der Waals surface area contributed by atoms with Crippen LogP contribution in [0.15, 0.2) is 24.3 Å². The van der Waals surface area contributed by atoms with Crippen molar-refractivity contribution in [2.24, 2.45) is 0 Å². The van der Waals surface area contributed by atoms with E-state index in [1.165, 1.54) is 11.8 Å². The van der Waals surface area contributed by atoms with Crippen molar-refractivity contribution >= 4 is 32.9 Å². The van der Waals surface area contributed by atoms with Gasteiger partial charge in [0.25, 0.3) is 10.1 Å². The number of hydrogen-bond donors (Lipinski definition) is 2. The van der Waals surface area contributed by atoms with Crippen molar-refractivity contribution in [3.8, 4) is 0 Å². The summed E-state index contributed by atoms with van der Waals surface area (Å²) in [4.78, 5) is 7.20. The van der Waals surface area contributed by atoms with E-state index in [2.05, 4.69) is 9.97 Å². The Balaban J connectivity index is 2.31. The number of fused-ring (bicyclic) bond motifs is 1. The zero-order chi connectivity index (χ0) is 13.9. The number of hydrogen-bond acceptors (Lipinski definition) is 4. The molecule has 5 nitrogen and oxygen atoms in total. The number of aromatic nitrogens is 2. The predicted octanol–water partition coefficient (Wildman–Crippen LogP) is 2.98. The molecule has 2 rings (SSSR count). The molecule has 1 heterocycles. The Labute approximate surface area is 116 Å². The van der Waals surface area contributed by atoms with E-state index in [9.17, 15) is 13.0 Å². The first-order valence-electron chi connectivity index (χ1n) is 6.05. The second-order valence-corrected chi connectivity index (χ2v) is 7.22. The summed E-state index contributed by atoms with van der Waals surface area (Å²) in [6.07, 6.45) is 1.88. The van der Waals surface area contributed by atoms with Crippen molar-refractivity contribution in [1.29, 1.82) is 0 Å². The highest BCUT2D eigenvalue weighted by Gasteiger charge is 2.28. The summed E-state index contributed by atoms with van der Waals surface area (Å²) >= 11 is 1.19. The van der Waals surface area contributed by atoms with Gasteiger partial charge in [0.1, 0.15) is 5.82 Å². The largest absolute Gasteiger partial charge is 0.340 e. The van der Waals surface area contributed by atoms with E-state index in [1.807, 2.05) is 25.1 Å². The third-order valence-corrected chi connectivity index (χ3v) is 5.62. The van der Waals surface area contributed by atoms with Crippen LogP contribution in [0.2, 0.25) is 0 Å². The van der Waals surface area contributed by atoms with Crippen molar-refractivity contribution in [3.05, 3.63) is 30.1 Å². The smallest absolute Gasteiger partial charge is 0.284 e. The molecule has 0 spiro atoms. The van der Waals surface area contributed by atoms with E-state index >= 15 is 0 Å². The van der Waals surface area contributed by atoms with Gasteiger partial charge in [0.2, 0.25) is 0 Å². The molecule has 1 atom stereocenters. The molecular formula is C12H16N2O3S2. The van der Waals surface area contributed by atoms with Crippen molar-refractivity contribution in [2.75, 3.05) is 5.75 Å². The van der Waals surface area contributed by atoms with E-state index in [0.717, 1.165) is 18.4 Å². The van der Waals surface area contributed by atoms with Gasteiger partial charge in [-0.05, 0) is 24.3 Å². The second kappa shape index (κ2) is 5.94. The molecule has 2 aromatic rings. The third-order valence-electron chi connectivity index (χ3n) is 2.67. The van der Waals surface area contributed by atoms with Crippen LogP contribution >= 0.6 is 11.8 Å². The van der Waals surface area contributed by atoms with Gasteiger partial charge < -0.3 is 4.98 Å². The molecule has 0 fully saturated rings. The average Bonchev–Trinajstić information content (AvgIpc) is 2.76. The van der Waals surface area contributed by atoms with Crippen LogP contribution in [0.25, 0.3) is 11.0 Å². The standard InChI is InChI=1S/C12H16N2O3S2/c1-2-3-8-18-12(19(15,16)17)11-13-9-6-4-5-7-10(9)14-11/h4-7,12H,2-3,8H2,1H3,(H,13,14)(H,15,16,17). The number of nitrogens with zero attached hydrogens (tertiary/aromatic N) is 1. The number of nitrogens with one attached hydrogen (secondary N) is 1. The monoisotopic (exact) mass is 300 g/mol. The maximum atomic E-state index is 11.5. The summed E-state index contributed by atoms with van der Waals surface area (Å²) in [6, 6.07) is 7.30. The van der Waals surface area contributed by atoms with Gasteiger partial charge in [-0.2, -0.15) is 8.42 Å². The first-order chi connectivity index (χ1) is 9.02. The van der Waals surface area contributed by atoms with Crippen LogP contribution in [0.3, 0.4) is 0 Å².